The Labute approximate surface area is 144 Å². The molecule has 0 spiro atoms. The molecule has 2 aromatic rings. The smallest absolute Gasteiger partial charge is 0.266 e. The molecular formula is C15H14Cl2N2O3S. The number of aryl methyl sites for hydroxylation is 1. The highest BCUT2D eigenvalue weighted by atomic mass is 35.5. The Morgan fingerprint density at radius 2 is 1.74 bits per heavy atom. The van der Waals surface area contributed by atoms with Crippen LogP contribution in [0.4, 0.5) is 5.69 Å². The third kappa shape index (κ3) is 3.96. The molecule has 0 atom stereocenters. The van der Waals surface area contributed by atoms with Crippen LogP contribution in [0.2, 0.25) is 10.0 Å². The zero-order valence-corrected chi connectivity index (χ0v) is 14.5. The van der Waals surface area contributed by atoms with Gasteiger partial charge in [-0.25, -0.2) is 8.42 Å². The summed E-state index contributed by atoms with van der Waals surface area (Å²) in [5.41, 5.74) is 6.46. The first-order valence-corrected chi connectivity index (χ1v) is 8.74. The van der Waals surface area contributed by atoms with Gasteiger partial charge in [-0.1, -0.05) is 40.9 Å². The van der Waals surface area contributed by atoms with E-state index in [1.54, 1.807) is 24.3 Å². The van der Waals surface area contributed by atoms with Crippen LogP contribution in [-0.2, 0) is 14.8 Å². The summed E-state index contributed by atoms with van der Waals surface area (Å²) in [7, 11) is -4.10. The molecule has 2 N–H and O–H groups in total. The lowest BCUT2D eigenvalue weighted by molar-refractivity contribution is -0.116. The van der Waals surface area contributed by atoms with Gasteiger partial charge in [-0.2, -0.15) is 0 Å². The average molecular weight is 373 g/mol. The van der Waals surface area contributed by atoms with Gasteiger partial charge < -0.3 is 5.73 Å². The van der Waals surface area contributed by atoms with Crippen molar-refractivity contribution in [2.45, 2.75) is 11.8 Å². The van der Waals surface area contributed by atoms with E-state index in [1.165, 1.54) is 18.2 Å². The van der Waals surface area contributed by atoms with Crippen LogP contribution in [0.1, 0.15) is 5.56 Å². The van der Waals surface area contributed by atoms with Gasteiger partial charge in [0.1, 0.15) is 11.4 Å². The molecule has 5 nitrogen and oxygen atoms in total. The van der Waals surface area contributed by atoms with E-state index in [-0.39, 0.29) is 14.9 Å². The van der Waals surface area contributed by atoms with E-state index in [0.29, 0.717) is 5.69 Å². The fraction of sp³-hybridized carbons (Fsp3) is 0.133. The molecule has 0 bridgehead atoms. The summed E-state index contributed by atoms with van der Waals surface area (Å²) < 4.78 is 26.7. The van der Waals surface area contributed by atoms with E-state index in [0.717, 1.165) is 9.87 Å². The maximum absolute atomic E-state index is 12.9. The van der Waals surface area contributed by atoms with Crippen molar-refractivity contribution in [3.05, 3.63) is 58.1 Å². The molecule has 8 heteroatoms. The number of primary amides is 1. The van der Waals surface area contributed by atoms with Crippen LogP contribution in [0.15, 0.2) is 47.4 Å². The predicted molar refractivity (Wildman–Crippen MR) is 91.4 cm³/mol. The molecule has 0 aliphatic carbocycles. The number of benzene rings is 2. The second kappa shape index (κ2) is 6.78. The van der Waals surface area contributed by atoms with Crippen molar-refractivity contribution in [3.8, 4) is 0 Å². The Morgan fingerprint density at radius 1 is 1.13 bits per heavy atom. The topological polar surface area (TPSA) is 80.5 Å². The van der Waals surface area contributed by atoms with Crippen molar-refractivity contribution < 1.29 is 13.2 Å². The van der Waals surface area contributed by atoms with Gasteiger partial charge in [-0.3, -0.25) is 9.10 Å². The molecule has 0 heterocycles. The third-order valence-corrected chi connectivity index (χ3v) is 5.57. The number of hydrogen-bond acceptors (Lipinski definition) is 3. The zero-order valence-electron chi connectivity index (χ0n) is 12.2. The van der Waals surface area contributed by atoms with Gasteiger partial charge in [0.15, 0.2) is 0 Å². The van der Waals surface area contributed by atoms with Gasteiger partial charge in [0.25, 0.3) is 10.0 Å². The number of hydrogen-bond donors (Lipinski definition) is 1. The van der Waals surface area contributed by atoms with Crippen molar-refractivity contribution in [1.29, 1.82) is 0 Å². The third-order valence-electron chi connectivity index (χ3n) is 3.08. The van der Waals surface area contributed by atoms with E-state index in [1.807, 2.05) is 6.92 Å². The number of nitrogens with two attached hydrogens (primary N) is 1. The van der Waals surface area contributed by atoms with Crippen LogP contribution in [0.3, 0.4) is 0 Å². The monoisotopic (exact) mass is 372 g/mol. The van der Waals surface area contributed by atoms with E-state index in [2.05, 4.69) is 0 Å². The lowest BCUT2D eigenvalue weighted by Crippen LogP contribution is -2.38. The number of carbonyl (C=O) groups is 1. The SMILES string of the molecule is Cc1ccc(N(CC(N)=O)S(=O)(=O)c2cc(Cl)ccc2Cl)cc1. The molecule has 0 unspecified atom stereocenters. The first-order chi connectivity index (χ1) is 10.7. The van der Waals surface area contributed by atoms with Crippen LogP contribution in [-0.4, -0.2) is 20.9 Å². The van der Waals surface area contributed by atoms with Crippen LogP contribution < -0.4 is 10.0 Å². The molecule has 0 radical (unpaired) electrons. The first kappa shape index (κ1) is 17.6. The standard InChI is InChI=1S/C15H14Cl2N2O3S/c1-10-2-5-12(6-3-10)19(9-15(18)20)23(21,22)14-8-11(16)4-7-13(14)17/h2-8H,9H2,1H3,(H2,18,20). The van der Waals surface area contributed by atoms with E-state index >= 15 is 0 Å². The minimum absolute atomic E-state index is 0.0102. The summed E-state index contributed by atoms with van der Waals surface area (Å²) in [6.07, 6.45) is 0. The van der Waals surface area contributed by atoms with E-state index < -0.39 is 22.5 Å². The van der Waals surface area contributed by atoms with Crippen LogP contribution in [0, 0.1) is 6.92 Å². The lowest BCUT2D eigenvalue weighted by Gasteiger charge is -2.24. The van der Waals surface area contributed by atoms with Crippen molar-refractivity contribution in [3.63, 3.8) is 0 Å². The molecule has 122 valence electrons. The van der Waals surface area contributed by atoms with Crippen LogP contribution >= 0.6 is 23.2 Å². The van der Waals surface area contributed by atoms with Crippen molar-refractivity contribution in [1.82, 2.24) is 0 Å². The number of sulfonamides is 1. The summed E-state index contributed by atoms with van der Waals surface area (Å²) >= 11 is 11.9. The Balaban J connectivity index is 2.59. The molecular weight excluding hydrogens is 359 g/mol. The molecule has 0 saturated heterocycles. The number of rotatable bonds is 5. The largest absolute Gasteiger partial charge is 0.368 e. The molecule has 0 aliphatic heterocycles. The second-order valence-corrected chi connectivity index (χ2v) is 7.56. The Morgan fingerprint density at radius 3 is 2.30 bits per heavy atom. The number of amides is 1. The molecule has 2 aromatic carbocycles. The van der Waals surface area contributed by atoms with Crippen molar-refractivity contribution >= 4 is 44.8 Å². The van der Waals surface area contributed by atoms with Crippen LogP contribution in [0.5, 0.6) is 0 Å². The fourth-order valence-electron chi connectivity index (χ4n) is 1.96. The summed E-state index contributed by atoms with van der Waals surface area (Å²) in [5.74, 6) is -0.785. The molecule has 0 aliphatic rings. The highest BCUT2D eigenvalue weighted by Gasteiger charge is 2.28. The predicted octanol–water partition coefficient (Wildman–Crippen LogP) is 2.98. The molecule has 0 fully saturated rings. The number of nitrogens with zero attached hydrogens (tertiary/aromatic N) is 1. The Kier molecular flexibility index (Phi) is 5.19. The van der Waals surface area contributed by atoms with Gasteiger partial charge in [-0.05, 0) is 37.3 Å². The number of anilines is 1. The molecule has 23 heavy (non-hydrogen) atoms. The minimum atomic E-state index is -4.10. The Hall–Kier alpha value is -1.76. The normalized spacial score (nSPS) is 11.3. The summed E-state index contributed by atoms with van der Waals surface area (Å²) in [5, 5.41) is 0.229. The average Bonchev–Trinajstić information content (AvgIpc) is 2.48. The van der Waals surface area contributed by atoms with Gasteiger partial charge in [0.2, 0.25) is 5.91 Å². The highest BCUT2D eigenvalue weighted by Crippen LogP contribution is 2.30. The molecule has 2 rings (SSSR count). The first-order valence-electron chi connectivity index (χ1n) is 6.54. The Bertz CT molecular complexity index is 836. The van der Waals surface area contributed by atoms with Gasteiger partial charge in [-0.15, -0.1) is 0 Å². The zero-order chi connectivity index (χ0) is 17.2. The maximum atomic E-state index is 12.9. The van der Waals surface area contributed by atoms with Crippen molar-refractivity contribution in [2.24, 2.45) is 5.73 Å². The summed E-state index contributed by atoms with van der Waals surface area (Å²) in [4.78, 5) is 11.2. The van der Waals surface area contributed by atoms with Gasteiger partial charge >= 0.3 is 0 Å². The summed E-state index contributed by atoms with van der Waals surface area (Å²) in [6, 6.07) is 10.8. The van der Waals surface area contributed by atoms with Crippen molar-refractivity contribution in [2.75, 3.05) is 10.8 Å². The molecule has 0 aromatic heterocycles. The number of halogens is 2. The maximum Gasteiger partial charge on any atom is 0.266 e. The van der Waals surface area contributed by atoms with Gasteiger partial charge in [0, 0.05) is 5.02 Å². The van der Waals surface area contributed by atoms with E-state index in [9.17, 15) is 13.2 Å². The number of carbonyl (C=O) groups excluding carboxylic acids is 1. The fourth-order valence-corrected chi connectivity index (χ4v) is 4.13. The second-order valence-electron chi connectivity index (χ2n) is 4.89. The molecule has 0 saturated carbocycles. The highest BCUT2D eigenvalue weighted by molar-refractivity contribution is 7.93. The quantitative estimate of drug-likeness (QED) is 0.875. The summed E-state index contributed by atoms with van der Waals surface area (Å²) in [6.45, 7) is 1.36. The molecule has 1 amide bonds. The van der Waals surface area contributed by atoms with Crippen LogP contribution in [0.25, 0.3) is 0 Å². The van der Waals surface area contributed by atoms with Gasteiger partial charge in [0.05, 0.1) is 10.7 Å². The van der Waals surface area contributed by atoms with E-state index in [4.69, 9.17) is 28.9 Å². The minimum Gasteiger partial charge on any atom is -0.368 e. The lowest BCUT2D eigenvalue weighted by atomic mass is 10.2.